The molecular weight excluding hydrogens is 284 g/mol. The van der Waals surface area contributed by atoms with E-state index in [1.165, 1.54) is 0 Å². The predicted octanol–water partition coefficient (Wildman–Crippen LogP) is 3.91. The number of hydrogen-bond donors (Lipinski definition) is 1. The molecule has 0 bridgehead atoms. The number of halogens is 1. The first-order valence-corrected chi connectivity index (χ1v) is 6.85. The van der Waals surface area contributed by atoms with Crippen molar-refractivity contribution in [1.29, 1.82) is 5.26 Å². The highest BCUT2D eigenvalue weighted by Crippen LogP contribution is 2.31. The molecule has 0 aliphatic carbocycles. The van der Waals surface area contributed by atoms with Gasteiger partial charge in [-0.05, 0) is 23.8 Å². The second-order valence-corrected chi connectivity index (χ2v) is 5.13. The molecule has 3 nitrogen and oxygen atoms in total. The van der Waals surface area contributed by atoms with E-state index >= 15 is 0 Å². The Morgan fingerprint density at radius 1 is 1.14 bits per heavy atom. The summed E-state index contributed by atoms with van der Waals surface area (Å²) in [6.45, 7) is 0. The van der Waals surface area contributed by atoms with Gasteiger partial charge < -0.3 is 4.98 Å². The molecule has 1 N–H and O–H groups in total. The Morgan fingerprint density at radius 2 is 1.90 bits per heavy atom. The monoisotopic (exact) mass is 294 g/mol. The van der Waals surface area contributed by atoms with Crippen molar-refractivity contribution in [3.8, 4) is 17.2 Å². The number of nitriles is 1. The first-order valence-electron chi connectivity index (χ1n) is 6.47. The van der Waals surface area contributed by atoms with Crippen LogP contribution in [0.4, 0.5) is 0 Å². The lowest BCUT2D eigenvalue weighted by Crippen LogP contribution is -2.14. The quantitative estimate of drug-likeness (QED) is 0.779. The van der Waals surface area contributed by atoms with Crippen molar-refractivity contribution >= 4 is 22.5 Å². The first kappa shape index (κ1) is 13.4. The summed E-state index contributed by atoms with van der Waals surface area (Å²) in [7, 11) is 0. The van der Waals surface area contributed by atoms with Crippen LogP contribution in [-0.2, 0) is 6.42 Å². The van der Waals surface area contributed by atoms with Crippen LogP contribution in [-0.4, -0.2) is 4.98 Å². The van der Waals surface area contributed by atoms with Gasteiger partial charge in [-0.1, -0.05) is 41.9 Å². The fourth-order valence-corrected chi connectivity index (χ4v) is 2.66. The molecule has 0 atom stereocenters. The van der Waals surface area contributed by atoms with E-state index in [0.717, 1.165) is 16.5 Å². The second kappa shape index (κ2) is 5.43. The minimum atomic E-state index is -0.231. The number of pyridine rings is 1. The number of H-pyrrole nitrogens is 1. The predicted molar refractivity (Wildman–Crippen MR) is 84.3 cm³/mol. The summed E-state index contributed by atoms with van der Waals surface area (Å²) in [6, 6.07) is 17.0. The van der Waals surface area contributed by atoms with E-state index in [-0.39, 0.29) is 12.0 Å². The Labute approximate surface area is 126 Å². The smallest absolute Gasteiger partial charge is 0.253 e. The molecule has 0 aliphatic heterocycles. The molecule has 0 amide bonds. The molecule has 1 aromatic heterocycles. The van der Waals surface area contributed by atoms with Crippen molar-refractivity contribution in [2.45, 2.75) is 6.42 Å². The minimum absolute atomic E-state index is 0.0576. The molecule has 0 aliphatic rings. The van der Waals surface area contributed by atoms with Crippen LogP contribution in [0.3, 0.4) is 0 Å². The van der Waals surface area contributed by atoms with E-state index in [0.29, 0.717) is 16.1 Å². The van der Waals surface area contributed by atoms with Gasteiger partial charge >= 0.3 is 0 Å². The second-order valence-electron chi connectivity index (χ2n) is 4.70. The fourth-order valence-electron chi connectivity index (χ4n) is 2.49. The number of nitrogens with one attached hydrogen (secondary N) is 1. The number of rotatable bonds is 2. The van der Waals surface area contributed by atoms with Crippen LogP contribution in [0.5, 0.6) is 0 Å². The van der Waals surface area contributed by atoms with E-state index < -0.39 is 0 Å². The van der Waals surface area contributed by atoms with Crippen LogP contribution in [0.1, 0.15) is 5.56 Å². The van der Waals surface area contributed by atoms with Crippen LogP contribution in [0.25, 0.3) is 22.0 Å². The molecule has 0 unspecified atom stereocenters. The molecule has 0 saturated carbocycles. The topological polar surface area (TPSA) is 56.6 Å². The number of nitrogens with zero attached hydrogens (tertiary/aromatic N) is 1. The maximum absolute atomic E-state index is 12.3. The Bertz CT molecular complexity index is 908. The van der Waals surface area contributed by atoms with Gasteiger partial charge in [0.15, 0.2) is 0 Å². The van der Waals surface area contributed by atoms with Gasteiger partial charge in [0, 0.05) is 27.1 Å². The van der Waals surface area contributed by atoms with Gasteiger partial charge in [0.05, 0.1) is 12.5 Å². The van der Waals surface area contributed by atoms with E-state index in [2.05, 4.69) is 11.1 Å². The molecule has 0 spiro atoms. The summed E-state index contributed by atoms with van der Waals surface area (Å²) in [4.78, 5) is 15.1. The minimum Gasteiger partial charge on any atom is -0.322 e. The maximum Gasteiger partial charge on any atom is 0.253 e. The first-order chi connectivity index (χ1) is 10.2. The molecule has 0 saturated heterocycles. The highest BCUT2D eigenvalue weighted by molar-refractivity contribution is 6.31. The normalized spacial score (nSPS) is 10.5. The number of benzene rings is 2. The van der Waals surface area contributed by atoms with Crippen LogP contribution < -0.4 is 5.56 Å². The van der Waals surface area contributed by atoms with Crippen LogP contribution in [0.2, 0.25) is 5.02 Å². The molecule has 0 fully saturated rings. The van der Waals surface area contributed by atoms with Crippen molar-refractivity contribution < 1.29 is 0 Å². The van der Waals surface area contributed by atoms with E-state index in [1.54, 1.807) is 12.1 Å². The zero-order valence-electron chi connectivity index (χ0n) is 11.1. The third-order valence-electron chi connectivity index (χ3n) is 3.39. The standard InChI is InChI=1S/C17H11ClN2O/c18-12-6-7-15-14(10-12)16(11-4-2-1-3-5-11)13(8-9-19)17(21)20-15/h1-7,10H,8H2,(H,20,21). The summed E-state index contributed by atoms with van der Waals surface area (Å²) in [6.07, 6.45) is 0.0576. The van der Waals surface area contributed by atoms with E-state index in [4.69, 9.17) is 16.9 Å². The summed E-state index contributed by atoms with van der Waals surface area (Å²) < 4.78 is 0. The number of aromatic amines is 1. The van der Waals surface area contributed by atoms with Gasteiger partial charge in [-0.15, -0.1) is 0 Å². The summed E-state index contributed by atoms with van der Waals surface area (Å²) in [5.74, 6) is 0. The van der Waals surface area contributed by atoms with Gasteiger partial charge in [0.25, 0.3) is 5.56 Å². The van der Waals surface area contributed by atoms with Crippen molar-refractivity contribution in [2.24, 2.45) is 0 Å². The molecule has 3 rings (SSSR count). The lowest BCUT2D eigenvalue weighted by molar-refractivity contribution is 1.16. The van der Waals surface area contributed by atoms with Crippen molar-refractivity contribution in [2.75, 3.05) is 0 Å². The molecule has 21 heavy (non-hydrogen) atoms. The molecule has 2 aromatic carbocycles. The molecular formula is C17H11ClN2O. The highest BCUT2D eigenvalue weighted by Gasteiger charge is 2.14. The van der Waals surface area contributed by atoms with Crippen LogP contribution in [0, 0.1) is 11.3 Å². The largest absolute Gasteiger partial charge is 0.322 e. The molecule has 0 radical (unpaired) electrons. The molecule has 102 valence electrons. The number of hydrogen-bond acceptors (Lipinski definition) is 2. The van der Waals surface area contributed by atoms with Gasteiger partial charge in [0.2, 0.25) is 0 Å². The lowest BCUT2D eigenvalue weighted by atomic mass is 9.95. The van der Waals surface area contributed by atoms with E-state index in [1.807, 2.05) is 36.4 Å². The molecule has 4 heteroatoms. The summed E-state index contributed by atoms with van der Waals surface area (Å²) >= 11 is 6.09. The third kappa shape index (κ3) is 2.42. The van der Waals surface area contributed by atoms with Gasteiger partial charge in [-0.3, -0.25) is 4.79 Å². The zero-order valence-corrected chi connectivity index (χ0v) is 11.8. The Morgan fingerprint density at radius 3 is 2.62 bits per heavy atom. The lowest BCUT2D eigenvalue weighted by Gasteiger charge is -2.11. The van der Waals surface area contributed by atoms with Crippen molar-refractivity contribution in [3.05, 3.63) is 69.5 Å². The van der Waals surface area contributed by atoms with Crippen molar-refractivity contribution in [1.82, 2.24) is 4.98 Å². The zero-order chi connectivity index (χ0) is 14.8. The summed E-state index contributed by atoms with van der Waals surface area (Å²) in [5.41, 5.74) is 2.63. The average Bonchev–Trinajstić information content (AvgIpc) is 2.50. The van der Waals surface area contributed by atoms with Crippen molar-refractivity contribution in [3.63, 3.8) is 0 Å². The Balaban J connectivity index is 2.47. The number of aromatic nitrogens is 1. The molecule has 3 aromatic rings. The summed E-state index contributed by atoms with van der Waals surface area (Å²) in [5, 5.41) is 10.5. The third-order valence-corrected chi connectivity index (χ3v) is 3.63. The molecule has 1 heterocycles. The number of fused-ring (bicyclic) bond motifs is 1. The maximum atomic E-state index is 12.3. The van der Waals surface area contributed by atoms with Crippen LogP contribution in [0.15, 0.2) is 53.3 Å². The Kier molecular flexibility index (Phi) is 3.47. The fraction of sp³-hybridized carbons (Fsp3) is 0.0588. The average molecular weight is 295 g/mol. The van der Waals surface area contributed by atoms with Gasteiger partial charge in [0.1, 0.15) is 0 Å². The van der Waals surface area contributed by atoms with Gasteiger partial charge in [-0.25, -0.2) is 0 Å². The SMILES string of the molecule is N#CCc1c(-c2ccccc2)c2cc(Cl)ccc2[nH]c1=O. The van der Waals surface area contributed by atoms with E-state index in [9.17, 15) is 4.79 Å². The highest BCUT2D eigenvalue weighted by atomic mass is 35.5. The van der Waals surface area contributed by atoms with Crippen LogP contribution >= 0.6 is 11.6 Å². The Hall–Kier alpha value is -2.57. The van der Waals surface area contributed by atoms with Gasteiger partial charge in [-0.2, -0.15) is 5.26 Å².